The highest BCUT2D eigenvalue weighted by Gasteiger charge is 2.21. The quantitative estimate of drug-likeness (QED) is 0.728. The lowest BCUT2D eigenvalue weighted by Gasteiger charge is -2.34. The van der Waals surface area contributed by atoms with Crippen LogP contribution in [0.5, 0.6) is 0 Å². The van der Waals surface area contributed by atoms with E-state index < -0.39 is 0 Å². The number of hydrogen-bond acceptors (Lipinski definition) is 5. The van der Waals surface area contributed by atoms with Crippen LogP contribution in [0.2, 0.25) is 0 Å². The van der Waals surface area contributed by atoms with Gasteiger partial charge in [-0.05, 0) is 6.07 Å². The maximum Gasteiger partial charge on any atom is 0.250 e. The van der Waals surface area contributed by atoms with Crippen molar-refractivity contribution in [1.82, 2.24) is 9.47 Å². The molecule has 18 heavy (non-hydrogen) atoms. The first-order valence-corrected chi connectivity index (χ1v) is 6.09. The summed E-state index contributed by atoms with van der Waals surface area (Å²) >= 11 is 0. The SMILES string of the molecule is Nc1ccc(=O)n(CCN2CCOCC2CO)c1. The van der Waals surface area contributed by atoms with Crippen molar-refractivity contribution in [2.75, 3.05) is 38.6 Å². The summed E-state index contributed by atoms with van der Waals surface area (Å²) < 4.78 is 6.90. The number of anilines is 1. The van der Waals surface area contributed by atoms with Gasteiger partial charge in [-0.1, -0.05) is 0 Å². The third kappa shape index (κ3) is 3.10. The lowest BCUT2D eigenvalue weighted by Crippen LogP contribution is -2.48. The molecule has 0 aromatic carbocycles. The highest BCUT2D eigenvalue weighted by atomic mass is 16.5. The molecule has 6 nitrogen and oxygen atoms in total. The molecule has 1 aliphatic rings. The number of nitrogens with zero attached hydrogens (tertiary/aromatic N) is 2. The number of aromatic nitrogens is 1. The molecule has 1 aromatic heterocycles. The Bertz CT molecular complexity index is 446. The molecule has 1 saturated heterocycles. The molecular weight excluding hydrogens is 234 g/mol. The third-order valence-electron chi connectivity index (χ3n) is 3.19. The molecule has 1 aliphatic heterocycles. The van der Waals surface area contributed by atoms with E-state index in [0.717, 1.165) is 6.54 Å². The first-order chi connectivity index (χ1) is 8.70. The highest BCUT2D eigenvalue weighted by molar-refractivity contribution is 5.33. The maximum absolute atomic E-state index is 11.6. The van der Waals surface area contributed by atoms with Gasteiger partial charge in [-0.2, -0.15) is 0 Å². The molecule has 1 atom stereocenters. The van der Waals surface area contributed by atoms with Gasteiger partial charge in [0, 0.05) is 37.6 Å². The smallest absolute Gasteiger partial charge is 0.250 e. The number of nitrogen functional groups attached to an aromatic ring is 1. The third-order valence-corrected chi connectivity index (χ3v) is 3.19. The Morgan fingerprint density at radius 2 is 2.28 bits per heavy atom. The van der Waals surface area contributed by atoms with E-state index in [1.165, 1.54) is 6.07 Å². The summed E-state index contributed by atoms with van der Waals surface area (Å²) in [6.45, 7) is 3.34. The van der Waals surface area contributed by atoms with Crippen LogP contribution in [-0.2, 0) is 11.3 Å². The fourth-order valence-corrected chi connectivity index (χ4v) is 2.11. The number of hydrogen-bond donors (Lipinski definition) is 2. The van der Waals surface area contributed by atoms with E-state index in [1.54, 1.807) is 16.8 Å². The Labute approximate surface area is 106 Å². The van der Waals surface area contributed by atoms with Gasteiger partial charge in [0.15, 0.2) is 0 Å². The summed E-state index contributed by atoms with van der Waals surface area (Å²) in [6.07, 6.45) is 1.65. The average Bonchev–Trinajstić information content (AvgIpc) is 2.40. The summed E-state index contributed by atoms with van der Waals surface area (Å²) in [5.74, 6) is 0. The van der Waals surface area contributed by atoms with Crippen molar-refractivity contribution < 1.29 is 9.84 Å². The van der Waals surface area contributed by atoms with Gasteiger partial charge in [0.2, 0.25) is 0 Å². The van der Waals surface area contributed by atoms with Crippen LogP contribution in [0.3, 0.4) is 0 Å². The summed E-state index contributed by atoms with van der Waals surface area (Å²) in [7, 11) is 0. The monoisotopic (exact) mass is 253 g/mol. The standard InChI is InChI=1S/C12H19N3O3/c13-10-1-2-12(17)15(7-10)4-3-14-5-6-18-9-11(14)8-16/h1-2,7,11,16H,3-6,8-9,13H2. The second-order valence-corrected chi connectivity index (χ2v) is 4.44. The average molecular weight is 253 g/mol. The van der Waals surface area contributed by atoms with Crippen LogP contribution in [0.25, 0.3) is 0 Å². The van der Waals surface area contributed by atoms with Crippen molar-refractivity contribution in [3.63, 3.8) is 0 Å². The summed E-state index contributed by atoms with van der Waals surface area (Å²) in [5.41, 5.74) is 6.18. The van der Waals surface area contributed by atoms with Gasteiger partial charge >= 0.3 is 0 Å². The van der Waals surface area contributed by atoms with Crippen LogP contribution >= 0.6 is 0 Å². The van der Waals surface area contributed by atoms with E-state index in [2.05, 4.69) is 4.90 Å². The molecule has 0 saturated carbocycles. The van der Waals surface area contributed by atoms with E-state index >= 15 is 0 Å². The Morgan fingerprint density at radius 1 is 1.44 bits per heavy atom. The van der Waals surface area contributed by atoms with Crippen molar-refractivity contribution >= 4 is 5.69 Å². The van der Waals surface area contributed by atoms with E-state index in [1.807, 2.05) is 0 Å². The summed E-state index contributed by atoms with van der Waals surface area (Å²) in [5, 5.41) is 9.25. The van der Waals surface area contributed by atoms with Gasteiger partial charge in [-0.25, -0.2) is 0 Å². The minimum atomic E-state index is -0.0574. The molecule has 2 rings (SSSR count). The van der Waals surface area contributed by atoms with Gasteiger partial charge in [-0.3, -0.25) is 9.69 Å². The predicted molar refractivity (Wildman–Crippen MR) is 68.4 cm³/mol. The van der Waals surface area contributed by atoms with Crippen molar-refractivity contribution in [1.29, 1.82) is 0 Å². The lowest BCUT2D eigenvalue weighted by molar-refractivity contribution is -0.0285. The van der Waals surface area contributed by atoms with E-state index in [9.17, 15) is 9.90 Å². The second-order valence-electron chi connectivity index (χ2n) is 4.44. The first-order valence-electron chi connectivity index (χ1n) is 6.09. The largest absolute Gasteiger partial charge is 0.398 e. The molecule has 0 radical (unpaired) electrons. The van der Waals surface area contributed by atoms with Crippen LogP contribution in [0.1, 0.15) is 0 Å². The van der Waals surface area contributed by atoms with Gasteiger partial charge < -0.3 is 20.1 Å². The number of rotatable bonds is 4. The lowest BCUT2D eigenvalue weighted by atomic mass is 10.2. The summed E-state index contributed by atoms with van der Waals surface area (Å²) in [4.78, 5) is 13.7. The zero-order chi connectivity index (χ0) is 13.0. The first kappa shape index (κ1) is 13.1. The number of pyridine rings is 1. The number of aliphatic hydroxyl groups excluding tert-OH is 1. The number of aliphatic hydroxyl groups is 1. The van der Waals surface area contributed by atoms with Crippen molar-refractivity contribution in [3.05, 3.63) is 28.7 Å². The van der Waals surface area contributed by atoms with Crippen LogP contribution in [0, 0.1) is 0 Å². The zero-order valence-electron chi connectivity index (χ0n) is 10.3. The number of morpholine rings is 1. The Morgan fingerprint density at radius 3 is 3.06 bits per heavy atom. The Balaban J connectivity index is 1.97. The fourth-order valence-electron chi connectivity index (χ4n) is 2.11. The van der Waals surface area contributed by atoms with Crippen molar-refractivity contribution in [2.24, 2.45) is 0 Å². The molecule has 0 aliphatic carbocycles. The van der Waals surface area contributed by atoms with Crippen LogP contribution in [0.15, 0.2) is 23.1 Å². The van der Waals surface area contributed by atoms with E-state index in [0.29, 0.717) is 32.0 Å². The van der Waals surface area contributed by atoms with E-state index in [-0.39, 0.29) is 18.2 Å². The topological polar surface area (TPSA) is 80.7 Å². The predicted octanol–water partition coefficient (Wildman–Crippen LogP) is -0.876. The van der Waals surface area contributed by atoms with Gasteiger partial charge in [0.25, 0.3) is 5.56 Å². The maximum atomic E-state index is 11.6. The van der Waals surface area contributed by atoms with Gasteiger partial charge in [0.1, 0.15) is 0 Å². The van der Waals surface area contributed by atoms with Crippen molar-refractivity contribution in [3.8, 4) is 0 Å². The Hall–Kier alpha value is -1.37. The number of nitrogens with two attached hydrogens (primary N) is 1. The molecule has 0 spiro atoms. The zero-order valence-corrected chi connectivity index (χ0v) is 10.3. The second kappa shape index (κ2) is 5.99. The molecule has 3 N–H and O–H groups in total. The fraction of sp³-hybridized carbons (Fsp3) is 0.583. The summed E-state index contributed by atoms with van der Waals surface area (Å²) in [6, 6.07) is 3.10. The molecule has 1 fully saturated rings. The molecule has 6 heteroatoms. The van der Waals surface area contributed by atoms with E-state index in [4.69, 9.17) is 10.5 Å². The molecule has 0 amide bonds. The van der Waals surface area contributed by atoms with Crippen LogP contribution in [-0.4, -0.2) is 53.5 Å². The van der Waals surface area contributed by atoms with Crippen LogP contribution in [0.4, 0.5) is 5.69 Å². The minimum absolute atomic E-state index is 0.0236. The Kier molecular flexibility index (Phi) is 4.35. The molecule has 100 valence electrons. The normalized spacial score (nSPS) is 21.1. The molecule has 1 unspecified atom stereocenters. The molecule has 2 heterocycles. The van der Waals surface area contributed by atoms with Gasteiger partial charge in [-0.15, -0.1) is 0 Å². The minimum Gasteiger partial charge on any atom is -0.398 e. The molecular formula is C12H19N3O3. The van der Waals surface area contributed by atoms with Gasteiger partial charge in [0.05, 0.1) is 25.9 Å². The molecule has 1 aromatic rings. The molecule has 0 bridgehead atoms. The highest BCUT2D eigenvalue weighted by Crippen LogP contribution is 2.06. The van der Waals surface area contributed by atoms with Crippen LogP contribution < -0.4 is 11.3 Å². The van der Waals surface area contributed by atoms with Crippen molar-refractivity contribution in [2.45, 2.75) is 12.6 Å². The number of ether oxygens (including phenoxy) is 1.